The van der Waals surface area contributed by atoms with Crippen LogP contribution in [0.15, 0.2) is 17.6 Å². The number of aromatic nitrogens is 4. The second-order valence-electron chi connectivity index (χ2n) is 4.27. The fourth-order valence-electron chi connectivity index (χ4n) is 1.29. The molecule has 2 aromatic heterocycles. The minimum atomic E-state index is -4.67. The maximum Gasteiger partial charge on any atom is 0.445 e. The molecular weight excluding hydrogens is 331 g/mol. The van der Waals surface area contributed by atoms with E-state index in [4.69, 9.17) is 0 Å². The van der Waals surface area contributed by atoms with Gasteiger partial charge in [0.05, 0.1) is 6.33 Å². The summed E-state index contributed by atoms with van der Waals surface area (Å²) in [5.74, 6) is 0. The molecule has 0 spiro atoms. The zero-order chi connectivity index (χ0) is 15.8. The molecule has 2 heterocycles. The summed E-state index contributed by atoms with van der Waals surface area (Å²) < 4.78 is 64.5. The van der Waals surface area contributed by atoms with Crippen molar-refractivity contribution >= 4 is 26.5 Å². The summed E-state index contributed by atoms with van der Waals surface area (Å²) >= 11 is 0.102. The van der Waals surface area contributed by atoms with Crippen LogP contribution in [0.1, 0.15) is 24.9 Å². The molecule has 0 aliphatic rings. The van der Waals surface area contributed by atoms with Gasteiger partial charge in [-0.15, -0.1) is 10.2 Å². The number of imidazole rings is 1. The van der Waals surface area contributed by atoms with Crippen molar-refractivity contribution in [2.45, 2.75) is 31.1 Å². The van der Waals surface area contributed by atoms with Gasteiger partial charge in [-0.1, -0.05) is 11.3 Å². The maximum absolute atomic E-state index is 12.4. The average molecular weight is 341 g/mol. The van der Waals surface area contributed by atoms with Gasteiger partial charge in [-0.2, -0.15) is 21.6 Å². The molecule has 0 aromatic carbocycles. The zero-order valence-electron chi connectivity index (χ0n) is 10.8. The summed E-state index contributed by atoms with van der Waals surface area (Å²) in [7, 11) is -4.10. The van der Waals surface area contributed by atoms with Crippen LogP contribution in [-0.4, -0.2) is 28.2 Å². The first-order valence-corrected chi connectivity index (χ1v) is 7.86. The van der Waals surface area contributed by atoms with Crippen LogP contribution in [0.4, 0.5) is 18.3 Å². The first-order chi connectivity index (χ1) is 9.59. The van der Waals surface area contributed by atoms with Gasteiger partial charge >= 0.3 is 6.18 Å². The number of nitrogens with zero attached hydrogens (tertiary/aromatic N) is 4. The third-order valence-electron chi connectivity index (χ3n) is 2.34. The maximum atomic E-state index is 12.4. The lowest BCUT2D eigenvalue weighted by atomic mass is 10.4. The lowest BCUT2D eigenvalue weighted by molar-refractivity contribution is -0.138. The van der Waals surface area contributed by atoms with Crippen LogP contribution in [0.3, 0.4) is 0 Å². The van der Waals surface area contributed by atoms with E-state index in [1.165, 1.54) is 12.5 Å². The van der Waals surface area contributed by atoms with Crippen LogP contribution in [-0.2, 0) is 16.2 Å². The molecule has 0 bridgehead atoms. The van der Waals surface area contributed by atoms with E-state index in [2.05, 4.69) is 15.2 Å². The van der Waals surface area contributed by atoms with E-state index >= 15 is 0 Å². The highest BCUT2D eigenvalue weighted by Gasteiger charge is 2.36. The van der Waals surface area contributed by atoms with Gasteiger partial charge in [-0.05, 0) is 13.8 Å². The second kappa shape index (κ2) is 5.26. The molecule has 0 radical (unpaired) electrons. The van der Waals surface area contributed by atoms with Gasteiger partial charge in [0.1, 0.15) is 0 Å². The van der Waals surface area contributed by atoms with E-state index in [0.29, 0.717) is 0 Å². The standard InChI is InChI=1S/C9H10F3N5O2S2/c1-5(2)17-3-6(13-4-17)21(18,19)16-8-15-14-7(20-8)9(10,11)12/h3-5H,1-2H3,(H,15,16). The summed E-state index contributed by atoms with van der Waals surface area (Å²) in [5.41, 5.74) is 0. The summed E-state index contributed by atoms with van der Waals surface area (Å²) in [6, 6.07) is -0.000175. The van der Waals surface area contributed by atoms with E-state index in [0.717, 1.165) is 0 Å². The van der Waals surface area contributed by atoms with Gasteiger partial charge in [0.25, 0.3) is 10.0 Å². The third kappa shape index (κ3) is 3.50. The quantitative estimate of drug-likeness (QED) is 0.920. The number of hydrogen-bond donors (Lipinski definition) is 1. The first-order valence-electron chi connectivity index (χ1n) is 5.56. The number of anilines is 1. The van der Waals surface area contributed by atoms with Gasteiger partial charge in [0.2, 0.25) is 10.1 Å². The Morgan fingerprint density at radius 1 is 1.33 bits per heavy atom. The summed E-state index contributed by atoms with van der Waals surface area (Å²) in [6.45, 7) is 3.65. The minimum absolute atomic E-state index is 0.000175. The van der Waals surface area contributed by atoms with Crippen molar-refractivity contribution in [1.29, 1.82) is 0 Å². The normalized spacial score (nSPS) is 12.9. The van der Waals surface area contributed by atoms with Crippen LogP contribution < -0.4 is 4.72 Å². The number of nitrogens with one attached hydrogen (secondary N) is 1. The molecule has 12 heteroatoms. The summed E-state index contributed by atoms with van der Waals surface area (Å²) in [5, 5.41) is 4.04. The third-order valence-corrected chi connectivity index (χ3v) is 4.57. The van der Waals surface area contributed by atoms with Crippen LogP contribution in [0.2, 0.25) is 0 Å². The van der Waals surface area contributed by atoms with Crippen molar-refractivity contribution < 1.29 is 21.6 Å². The number of alkyl halides is 3. The van der Waals surface area contributed by atoms with Crippen molar-refractivity contribution in [3.8, 4) is 0 Å². The molecule has 7 nitrogen and oxygen atoms in total. The van der Waals surface area contributed by atoms with Gasteiger partial charge in [-0.25, -0.2) is 4.98 Å². The van der Waals surface area contributed by atoms with Crippen LogP contribution in [0, 0.1) is 0 Å². The van der Waals surface area contributed by atoms with E-state index < -0.39 is 26.3 Å². The Morgan fingerprint density at radius 2 is 2.00 bits per heavy atom. The molecule has 0 aliphatic heterocycles. The largest absolute Gasteiger partial charge is 0.445 e. The highest BCUT2D eigenvalue weighted by atomic mass is 32.2. The van der Waals surface area contributed by atoms with Gasteiger partial charge < -0.3 is 4.57 Å². The Bertz CT molecular complexity index is 735. The lowest BCUT2D eigenvalue weighted by Crippen LogP contribution is -2.13. The summed E-state index contributed by atoms with van der Waals surface area (Å²) in [6.07, 6.45) is -2.07. The molecule has 1 N–H and O–H groups in total. The molecule has 0 saturated carbocycles. The van der Waals surface area contributed by atoms with E-state index in [-0.39, 0.29) is 22.4 Å². The fraction of sp³-hybridized carbons (Fsp3) is 0.444. The number of rotatable bonds is 4. The van der Waals surface area contributed by atoms with Crippen LogP contribution >= 0.6 is 11.3 Å². The van der Waals surface area contributed by atoms with Crippen molar-refractivity contribution in [1.82, 2.24) is 19.7 Å². The van der Waals surface area contributed by atoms with Crippen molar-refractivity contribution in [3.63, 3.8) is 0 Å². The fourth-order valence-corrected chi connectivity index (χ4v) is 3.06. The highest BCUT2D eigenvalue weighted by Crippen LogP contribution is 2.33. The Balaban J connectivity index is 2.23. The van der Waals surface area contributed by atoms with E-state index in [9.17, 15) is 21.6 Å². The average Bonchev–Trinajstić information content (AvgIpc) is 2.94. The topological polar surface area (TPSA) is 89.8 Å². The smallest absolute Gasteiger partial charge is 0.334 e. The molecule has 116 valence electrons. The van der Waals surface area contributed by atoms with Gasteiger partial charge in [0.15, 0.2) is 5.03 Å². The van der Waals surface area contributed by atoms with Crippen molar-refractivity contribution in [3.05, 3.63) is 17.5 Å². The predicted octanol–water partition coefficient (Wildman–Crippen LogP) is 2.14. The second-order valence-corrected chi connectivity index (χ2v) is 6.88. The Morgan fingerprint density at radius 3 is 2.48 bits per heavy atom. The molecule has 0 aliphatic carbocycles. The minimum Gasteiger partial charge on any atom is -0.334 e. The molecule has 0 fully saturated rings. The molecule has 21 heavy (non-hydrogen) atoms. The number of halogens is 3. The molecule has 2 aromatic rings. The van der Waals surface area contributed by atoms with Crippen LogP contribution in [0.5, 0.6) is 0 Å². The van der Waals surface area contributed by atoms with Crippen LogP contribution in [0.25, 0.3) is 0 Å². The zero-order valence-corrected chi connectivity index (χ0v) is 12.4. The first kappa shape index (κ1) is 15.7. The Labute approximate surface area is 121 Å². The number of sulfonamides is 1. The Kier molecular flexibility index (Phi) is 3.93. The van der Waals surface area contributed by atoms with E-state index in [1.54, 1.807) is 4.57 Å². The van der Waals surface area contributed by atoms with Gasteiger partial charge in [0, 0.05) is 12.2 Å². The molecular formula is C9H10F3N5O2S2. The predicted molar refractivity (Wildman–Crippen MR) is 68.3 cm³/mol. The molecule has 2 rings (SSSR count). The SMILES string of the molecule is CC(C)n1cnc(S(=O)(=O)Nc2nnc(C(F)(F)F)s2)c1. The molecule has 0 amide bonds. The van der Waals surface area contributed by atoms with E-state index in [1.807, 2.05) is 18.6 Å². The molecule has 0 unspecified atom stereocenters. The van der Waals surface area contributed by atoms with Crippen molar-refractivity contribution in [2.24, 2.45) is 0 Å². The summed E-state index contributed by atoms with van der Waals surface area (Å²) in [4.78, 5) is 3.71. The molecule has 0 saturated heterocycles. The monoisotopic (exact) mass is 341 g/mol. The van der Waals surface area contributed by atoms with Crippen molar-refractivity contribution in [2.75, 3.05) is 4.72 Å². The highest BCUT2D eigenvalue weighted by molar-refractivity contribution is 7.92. The molecule has 0 atom stereocenters. The number of hydrogen-bond acceptors (Lipinski definition) is 6. The Hall–Kier alpha value is -1.69. The van der Waals surface area contributed by atoms with Gasteiger partial charge in [-0.3, -0.25) is 4.72 Å². The lowest BCUT2D eigenvalue weighted by Gasteiger charge is -2.04.